The van der Waals surface area contributed by atoms with E-state index in [4.69, 9.17) is 0 Å². The van der Waals surface area contributed by atoms with Crippen LogP contribution >= 0.6 is 0 Å². The predicted octanol–water partition coefficient (Wildman–Crippen LogP) is 3.80. The second-order valence-electron chi connectivity index (χ2n) is 5.49. The van der Waals surface area contributed by atoms with Crippen LogP contribution in [0.4, 0.5) is 0 Å². The quantitative estimate of drug-likeness (QED) is 0.850. The summed E-state index contributed by atoms with van der Waals surface area (Å²) in [5.74, 6) is 0.680. The fraction of sp³-hybridized carbons (Fsp3) is 0.471. The Morgan fingerprint density at radius 3 is 2.74 bits per heavy atom. The summed E-state index contributed by atoms with van der Waals surface area (Å²) >= 11 is 0. The van der Waals surface area contributed by atoms with Crippen LogP contribution in [0.3, 0.4) is 0 Å². The van der Waals surface area contributed by atoms with Crippen LogP contribution in [-0.4, -0.2) is 17.6 Å². The van der Waals surface area contributed by atoms with Crippen molar-refractivity contribution in [1.82, 2.24) is 10.3 Å². The highest BCUT2D eigenvalue weighted by molar-refractivity contribution is 5.81. The third-order valence-electron chi connectivity index (χ3n) is 3.62. The van der Waals surface area contributed by atoms with Crippen LogP contribution in [0.2, 0.25) is 0 Å². The van der Waals surface area contributed by atoms with Crippen molar-refractivity contribution < 1.29 is 0 Å². The molecule has 2 atom stereocenters. The summed E-state index contributed by atoms with van der Waals surface area (Å²) in [5, 5.41) is 4.79. The molecule has 19 heavy (non-hydrogen) atoms. The third-order valence-corrected chi connectivity index (χ3v) is 3.62. The molecule has 0 bridgehead atoms. The van der Waals surface area contributed by atoms with Crippen molar-refractivity contribution in [3.05, 3.63) is 42.1 Å². The van der Waals surface area contributed by atoms with E-state index in [0.29, 0.717) is 12.0 Å². The summed E-state index contributed by atoms with van der Waals surface area (Å²) in [6.07, 6.45) is 4.27. The molecule has 0 radical (unpaired) electrons. The Morgan fingerprint density at radius 2 is 1.95 bits per heavy atom. The van der Waals surface area contributed by atoms with Gasteiger partial charge in [-0.3, -0.25) is 4.98 Å². The molecule has 0 aliphatic carbocycles. The summed E-state index contributed by atoms with van der Waals surface area (Å²) in [6, 6.07) is 11.2. The van der Waals surface area contributed by atoms with Gasteiger partial charge in [0.1, 0.15) is 0 Å². The first-order valence-corrected chi connectivity index (χ1v) is 7.26. The van der Waals surface area contributed by atoms with Gasteiger partial charge in [0.2, 0.25) is 0 Å². The molecule has 1 aromatic heterocycles. The molecule has 2 heteroatoms. The molecule has 0 fully saturated rings. The lowest BCUT2D eigenvalue weighted by Gasteiger charge is -2.18. The van der Waals surface area contributed by atoms with E-state index in [-0.39, 0.29) is 0 Å². The van der Waals surface area contributed by atoms with Crippen molar-refractivity contribution in [2.45, 2.75) is 39.7 Å². The van der Waals surface area contributed by atoms with E-state index in [9.17, 15) is 0 Å². The number of hydrogen-bond acceptors (Lipinski definition) is 2. The third kappa shape index (κ3) is 3.77. The molecular formula is C17H24N2. The van der Waals surface area contributed by atoms with Crippen LogP contribution in [0.5, 0.6) is 0 Å². The van der Waals surface area contributed by atoms with E-state index in [1.807, 2.05) is 6.20 Å². The van der Waals surface area contributed by atoms with Crippen LogP contribution in [0.1, 0.15) is 32.8 Å². The smallest absolute Gasteiger partial charge is 0.0704 e. The minimum atomic E-state index is 0.591. The van der Waals surface area contributed by atoms with Gasteiger partial charge in [-0.25, -0.2) is 0 Å². The first kappa shape index (κ1) is 14.0. The molecular weight excluding hydrogens is 232 g/mol. The van der Waals surface area contributed by atoms with Crippen molar-refractivity contribution in [1.29, 1.82) is 0 Å². The van der Waals surface area contributed by atoms with E-state index in [0.717, 1.165) is 18.5 Å². The number of nitrogens with zero attached hydrogens (tertiary/aromatic N) is 1. The van der Waals surface area contributed by atoms with Gasteiger partial charge in [0.25, 0.3) is 0 Å². The Bertz CT molecular complexity index is 516. The molecule has 0 aliphatic rings. The topological polar surface area (TPSA) is 24.9 Å². The van der Waals surface area contributed by atoms with E-state index < -0.39 is 0 Å². The average molecular weight is 256 g/mol. The molecule has 2 unspecified atom stereocenters. The minimum absolute atomic E-state index is 0.591. The lowest BCUT2D eigenvalue weighted by Crippen LogP contribution is -2.27. The zero-order valence-corrected chi connectivity index (χ0v) is 12.2. The number of benzene rings is 1. The summed E-state index contributed by atoms with van der Waals surface area (Å²) in [7, 11) is 0. The molecule has 1 heterocycles. The van der Waals surface area contributed by atoms with E-state index >= 15 is 0 Å². The lowest BCUT2D eigenvalue weighted by molar-refractivity contribution is 0.427. The van der Waals surface area contributed by atoms with Crippen LogP contribution in [0.15, 0.2) is 36.5 Å². The SMILES string of the molecule is CCNC(C)CC(C)Cc1ccnc2ccccc12. The number of para-hydroxylation sites is 1. The number of aromatic nitrogens is 1. The first-order chi connectivity index (χ1) is 9.20. The fourth-order valence-electron chi connectivity index (χ4n) is 2.83. The fourth-order valence-corrected chi connectivity index (χ4v) is 2.83. The maximum Gasteiger partial charge on any atom is 0.0704 e. The summed E-state index contributed by atoms with van der Waals surface area (Å²) in [5.41, 5.74) is 2.52. The van der Waals surface area contributed by atoms with E-state index in [2.05, 4.69) is 61.4 Å². The van der Waals surface area contributed by atoms with Gasteiger partial charge in [-0.15, -0.1) is 0 Å². The molecule has 1 N–H and O–H groups in total. The molecule has 2 rings (SSSR count). The van der Waals surface area contributed by atoms with Crippen molar-refractivity contribution in [2.75, 3.05) is 6.54 Å². The predicted molar refractivity (Wildman–Crippen MR) is 82.4 cm³/mol. The first-order valence-electron chi connectivity index (χ1n) is 7.26. The van der Waals surface area contributed by atoms with Crippen LogP contribution < -0.4 is 5.32 Å². The number of hydrogen-bond donors (Lipinski definition) is 1. The van der Waals surface area contributed by atoms with Crippen molar-refractivity contribution in [2.24, 2.45) is 5.92 Å². The van der Waals surface area contributed by atoms with Gasteiger partial charge in [0.05, 0.1) is 5.52 Å². The van der Waals surface area contributed by atoms with Gasteiger partial charge in [-0.05, 0) is 49.9 Å². The van der Waals surface area contributed by atoms with Gasteiger partial charge in [0.15, 0.2) is 0 Å². The average Bonchev–Trinajstić information content (AvgIpc) is 2.39. The monoisotopic (exact) mass is 256 g/mol. The molecule has 2 aromatic rings. The van der Waals surface area contributed by atoms with Gasteiger partial charge >= 0.3 is 0 Å². The Labute approximate surface area is 116 Å². The van der Waals surface area contributed by atoms with Crippen molar-refractivity contribution in [3.63, 3.8) is 0 Å². The van der Waals surface area contributed by atoms with Crippen LogP contribution in [0.25, 0.3) is 10.9 Å². The molecule has 0 saturated heterocycles. The number of fused-ring (bicyclic) bond motifs is 1. The summed E-state index contributed by atoms with van der Waals surface area (Å²) in [4.78, 5) is 4.43. The molecule has 2 nitrogen and oxygen atoms in total. The number of pyridine rings is 1. The zero-order chi connectivity index (χ0) is 13.7. The summed E-state index contributed by atoms with van der Waals surface area (Å²) in [6.45, 7) is 7.82. The number of rotatable bonds is 6. The maximum atomic E-state index is 4.43. The molecule has 0 saturated carbocycles. The highest BCUT2D eigenvalue weighted by atomic mass is 14.9. The van der Waals surface area contributed by atoms with E-state index in [1.165, 1.54) is 17.4 Å². The standard InChI is InChI=1S/C17H24N2/c1-4-18-14(3)11-13(2)12-15-9-10-19-17-8-6-5-7-16(15)17/h5-10,13-14,18H,4,11-12H2,1-3H3. The normalized spacial score (nSPS) is 14.5. The highest BCUT2D eigenvalue weighted by Crippen LogP contribution is 2.21. The minimum Gasteiger partial charge on any atom is -0.315 e. The van der Waals surface area contributed by atoms with Gasteiger partial charge in [0, 0.05) is 17.6 Å². The Hall–Kier alpha value is -1.41. The van der Waals surface area contributed by atoms with Crippen molar-refractivity contribution in [3.8, 4) is 0 Å². The second kappa shape index (κ2) is 6.67. The van der Waals surface area contributed by atoms with Crippen LogP contribution in [0, 0.1) is 5.92 Å². The van der Waals surface area contributed by atoms with Gasteiger partial charge in [-0.1, -0.05) is 32.0 Å². The molecule has 0 aliphatic heterocycles. The highest BCUT2D eigenvalue weighted by Gasteiger charge is 2.10. The largest absolute Gasteiger partial charge is 0.315 e. The lowest BCUT2D eigenvalue weighted by atomic mass is 9.93. The van der Waals surface area contributed by atoms with Crippen molar-refractivity contribution >= 4 is 10.9 Å². The Balaban J connectivity index is 2.08. The molecule has 1 aromatic carbocycles. The van der Waals surface area contributed by atoms with E-state index in [1.54, 1.807) is 0 Å². The Kier molecular flexibility index (Phi) is 4.92. The summed E-state index contributed by atoms with van der Waals surface area (Å²) < 4.78 is 0. The zero-order valence-electron chi connectivity index (χ0n) is 12.2. The molecule has 0 amide bonds. The molecule has 0 spiro atoms. The van der Waals surface area contributed by atoms with Gasteiger partial charge in [-0.2, -0.15) is 0 Å². The number of nitrogens with one attached hydrogen (secondary N) is 1. The Morgan fingerprint density at radius 1 is 1.16 bits per heavy atom. The second-order valence-corrected chi connectivity index (χ2v) is 5.49. The van der Waals surface area contributed by atoms with Crippen LogP contribution in [-0.2, 0) is 6.42 Å². The maximum absolute atomic E-state index is 4.43. The molecule has 102 valence electrons. The van der Waals surface area contributed by atoms with Gasteiger partial charge < -0.3 is 5.32 Å².